The molecular weight excluding hydrogens is 407 g/mol. The molecule has 0 fully saturated rings. The van der Waals surface area contributed by atoms with E-state index in [1.165, 1.54) is 35.4 Å². The molecule has 0 bridgehead atoms. The number of rotatable bonds is 4. The van der Waals surface area contributed by atoms with Crippen molar-refractivity contribution < 1.29 is 22.9 Å². The molecule has 4 aromatic rings. The lowest BCUT2D eigenvalue weighted by Gasteiger charge is -2.24. The van der Waals surface area contributed by atoms with E-state index in [-0.39, 0.29) is 34.5 Å². The number of benzene rings is 2. The normalized spacial score (nSPS) is 15.5. The van der Waals surface area contributed by atoms with E-state index < -0.39 is 28.1 Å². The van der Waals surface area contributed by atoms with Gasteiger partial charge in [0, 0.05) is 12.1 Å². The molecule has 154 valence electrons. The van der Waals surface area contributed by atoms with Crippen molar-refractivity contribution in [2.45, 2.75) is 12.6 Å². The number of hydrogen-bond donors (Lipinski definition) is 0. The molecule has 8 nitrogen and oxygen atoms in total. The molecular formula is C22H13FN2O6. The average Bonchev–Trinajstić information content (AvgIpc) is 3.36. The summed E-state index contributed by atoms with van der Waals surface area (Å²) in [6, 6.07) is 11.5. The summed E-state index contributed by atoms with van der Waals surface area (Å²) in [5, 5.41) is 11.3. The topological polar surface area (TPSA) is 107 Å². The second-order valence-corrected chi connectivity index (χ2v) is 7.08. The van der Waals surface area contributed by atoms with Crippen LogP contribution in [-0.2, 0) is 6.54 Å². The van der Waals surface area contributed by atoms with E-state index in [1.807, 2.05) is 0 Å². The van der Waals surface area contributed by atoms with Gasteiger partial charge < -0.3 is 13.7 Å². The van der Waals surface area contributed by atoms with Gasteiger partial charge in [-0.25, -0.2) is 4.39 Å². The number of amides is 1. The summed E-state index contributed by atoms with van der Waals surface area (Å²) in [4.78, 5) is 38.6. The Labute approximate surface area is 173 Å². The van der Waals surface area contributed by atoms with Gasteiger partial charge in [0.05, 0.1) is 34.7 Å². The smallest absolute Gasteiger partial charge is 0.291 e. The fourth-order valence-corrected chi connectivity index (χ4v) is 3.88. The summed E-state index contributed by atoms with van der Waals surface area (Å²) in [5.41, 5.74) is -0.308. The third-order valence-corrected chi connectivity index (χ3v) is 5.23. The molecule has 0 N–H and O–H groups in total. The summed E-state index contributed by atoms with van der Waals surface area (Å²) >= 11 is 0. The van der Waals surface area contributed by atoms with Crippen molar-refractivity contribution in [3.05, 3.63) is 110 Å². The number of furan rings is 1. The zero-order chi connectivity index (χ0) is 21.7. The Hall–Kier alpha value is -4.27. The van der Waals surface area contributed by atoms with Gasteiger partial charge in [0.25, 0.3) is 11.6 Å². The van der Waals surface area contributed by atoms with E-state index >= 15 is 0 Å². The zero-order valence-electron chi connectivity index (χ0n) is 15.8. The number of nitro benzene ring substituents is 1. The standard InChI is InChI=1S/C22H13FN2O6/c23-13-6-7-17-16(10-13)20(26)18-19(12-3-1-4-14(9-12)25(28)29)24(22(27)21(18)31-17)11-15-5-2-8-30-15/h1-10,19H,11H2/t19-/m0/s1. The predicted molar refractivity (Wildman–Crippen MR) is 106 cm³/mol. The lowest BCUT2D eigenvalue weighted by molar-refractivity contribution is -0.384. The molecule has 1 aliphatic rings. The Morgan fingerprint density at radius 3 is 2.68 bits per heavy atom. The van der Waals surface area contributed by atoms with Crippen molar-refractivity contribution in [3.8, 4) is 0 Å². The van der Waals surface area contributed by atoms with Crippen molar-refractivity contribution in [2.24, 2.45) is 0 Å². The minimum Gasteiger partial charge on any atom is -0.467 e. The number of carbonyl (C=O) groups is 1. The zero-order valence-corrected chi connectivity index (χ0v) is 15.8. The minimum absolute atomic E-state index is 0.00748. The van der Waals surface area contributed by atoms with Crippen molar-refractivity contribution in [1.29, 1.82) is 0 Å². The Morgan fingerprint density at radius 2 is 1.94 bits per heavy atom. The van der Waals surface area contributed by atoms with Crippen LogP contribution in [0.3, 0.4) is 0 Å². The highest BCUT2D eigenvalue weighted by atomic mass is 19.1. The number of nitrogens with zero attached hydrogens (tertiary/aromatic N) is 2. The molecule has 0 aliphatic carbocycles. The van der Waals surface area contributed by atoms with Gasteiger partial charge in [-0.1, -0.05) is 12.1 Å². The van der Waals surface area contributed by atoms with Crippen molar-refractivity contribution in [1.82, 2.24) is 4.90 Å². The molecule has 0 unspecified atom stereocenters. The average molecular weight is 420 g/mol. The van der Waals surface area contributed by atoms with Crippen LogP contribution in [0.15, 0.2) is 74.5 Å². The molecule has 3 heterocycles. The maximum absolute atomic E-state index is 13.8. The highest BCUT2D eigenvalue weighted by molar-refractivity contribution is 5.99. The molecule has 31 heavy (non-hydrogen) atoms. The first-order valence-corrected chi connectivity index (χ1v) is 9.28. The van der Waals surface area contributed by atoms with Gasteiger partial charge in [-0.2, -0.15) is 0 Å². The number of non-ortho nitro benzene ring substituents is 1. The quantitative estimate of drug-likeness (QED) is 0.362. The fourth-order valence-electron chi connectivity index (χ4n) is 3.88. The highest BCUT2D eigenvalue weighted by Crippen LogP contribution is 2.40. The maximum atomic E-state index is 13.8. The van der Waals surface area contributed by atoms with E-state index in [4.69, 9.17) is 8.83 Å². The molecule has 2 aromatic carbocycles. The number of fused-ring (bicyclic) bond motifs is 2. The third kappa shape index (κ3) is 2.98. The van der Waals surface area contributed by atoms with Gasteiger partial charge in [0.2, 0.25) is 5.76 Å². The van der Waals surface area contributed by atoms with Crippen LogP contribution < -0.4 is 5.43 Å². The summed E-state index contributed by atoms with van der Waals surface area (Å²) in [6.45, 7) is 0.00748. The van der Waals surface area contributed by atoms with Crippen molar-refractivity contribution >= 4 is 22.6 Å². The van der Waals surface area contributed by atoms with Crippen molar-refractivity contribution in [2.75, 3.05) is 0 Å². The fraction of sp³-hybridized carbons (Fsp3) is 0.0909. The van der Waals surface area contributed by atoms with Gasteiger partial charge in [-0.15, -0.1) is 0 Å². The summed E-state index contributed by atoms with van der Waals surface area (Å²) < 4.78 is 24.9. The highest BCUT2D eigenvalue weighted by Gasteiger charge is 2.43. The minimum atomic E-state index is -0.962. The molecule has 0 saturated carbocycles. The SMILES string of the molecule is O=C1c2oc3ccc(F)cc3c(=O)c2[C@H](c2cccc([N+](=O)[O-])c2)N1Cc1ccco1. The van der Waals surface area contributed by atoms with Crippen LogP contribution in [0.1, 0.15) is 33.5 Å². The first-order valence-electron chi connectivity index (χ1n) is 9.28. The van der Waals surface area contributed by atoms with Crippen molar-refractivity contribution in [3.63, 3.8) is 0 Å². The lowest BCUT2D eigenvalue weighted by Crippen LogP contribution is -2.29. The first-order chi connectivity index (χ1) is 14.9. The maximum Gasteiger partial charge on any atom is 0.291 e. The molecule has 1 amide bonds. The van der Waals surface area contributed by atoms with E-state index in [0.29, 0.717) is 11.3 Å². The van der Waals surface area contributed by atoms with E-state index in [2.05, 4.69) is 0 Å². The van der Waals surface area contributed by atoms with Gasteiger partial charge in [0.15, 0.2) is 5.43 Å². The summed E-state index contributed by atoms with van der Waals surface area (Å²) in [5.74, 6) is -0.901. The van der Waals surface area contributed by atoms with Crippen LogP contribution in [-0.4, -0.2) is 15.7 Å². The van der Waals surface area contributed by atoms with Gasteiger partial charge in [-0.05, 0) is 35.9 Å². The van der Waals surface area contributed by atoms with Crippen LogP contribution in [0.4, 0.5) is 10.1 Å². The van der Waals surface area contributed by atoms with E-state index in [0.717, 1.165) is 12.1 Å². The summed E-state index contributed by atoms with van der Waals surface area (Å²) in [7, 11) is 0. The number of nitro groups is 1. The number of carbonyl (C=O) groups excluding carboxylic acids is 1. The number of hydrogen-bond acceptors (Lipinski definition) is 6. The second-order valence-electron chi connectivity index (χ2n) is 7.08. The third-order valence-electron chi connectivity index (χ3n) is 5.23. The van der Waals surface area contributed by atoms with E-state index in [9.17, 15) is 24.1 Å². The van der Waals surface area contributed by atoms with Gasteiger partial charge in [0.1, 0.15) is 17.2 Å². The molecule has 5 rings (SSSR count). The monoisotopic (exact) mass is 420 g/mol. The van der Waals surface area contributed by atoms with Crippen LogP contribution in [0, 0.1) is 15.9 Å². The largest absolute Gasteiger partial charge is 0.467 e. The van der Waals surface area contributed by atoms with Crippen LogP contribution in [0.5, 0.6) is 0 Å². The van der Waals surface area contributed by atoms with E-state index in [1.54, 1.807) is 18.2 Å². The second kappa shape index (κ2) is 6.91. The molecule has 0 saturated heterocycles. The van der Waals surface area contributed by atoms with Crippen LogP contribution in [0.2, 0.25) is 0 Å². The Balaban J connectivity index is 1.76. The lowest BCUT2D eigenvalue weighted by atomic mass is 9.98. The Bertz CT molecular complexity index is 1410. The summed E-state index contributed by atoms with van der Waals surface area (Å²) in [6.07, 6.45) is 1.45. The number of halogens is 1. The molecule has 2 aromatic heterocycles. The van der Waals surface area contributed by atoms with Crippen LogP contribution in [0.25, 0.3) is 11.0 Å². The molecule has 1 atom stereocenters. The Kier molecular flexibility index (Phi) is 4.18. The Morgan fingerprint density at radius 1 is 1.10 bits per heavy atom. The van der Waals surface area contributed by atoms with Crippen LogP contribution >= 0.6 is 0 Å². The van der Waals surface area contributed by atoms with Gasteiger partial charge in [-0.3, -0.25) is 19.7 Å². The van der Waals surface area contributed by atoms with Gasteiger partial charge >= 0.3 is 0 Å². The predicted octanol–water partition coefficient (Wildman–Crippen LogP) is 4.18. The molecule has 0 radical (unpaired) electrons. The molecule has 9 heteroatoms. The molecule has 0 spiro atoms. The first kappa shape index (κ1) is 18.7. The molecule has 1 aliphatic heterocycles.